The molecule has 0 heterocycles. The van der Waals surface area contributed by atoms with Crippen molar-refractivity contribution in [3.63, 3.8) is 0 Å². The number of carbonyl (C=O) groups excluding carboxylic acids is 1. The zero-order valence-electron chi connectivity index (χ0n) is 10.5. The molecular formula is C14H24O2. The minimum atomic E-state index is -0.0906. The van der Waals surface area contributed by atoms with Crippen LogP contribution in [0.2, 0.25) is 0 Å². The lowest BCUT2D eigenvalue weighted by Gasteiger charge is -2.45. The van der Waals surface area contributed by atoms with Gasteiger partial charge in [-0.25, -0.2) is 0 Å². The van der Waals surface area contributed by atoms with E-state index in [9.17, 15) is 9.90 Å². The van der Waals surface area contributed by atoms with Crippen molar-refractivity contribution in [2.24, 2.45) is 23.2 Å². The Labute approximate surface area is 98.4 Å². The second-order valence-corrected chi connectivity index (χ2v) is 6.14. The summed E-state index contributed by atoms with van der Waals surface area (Å²) in [5.41, 5.74) is 0.292. The van der Waals surface area contributed by atoms with E-state index in [-0.39, 0.29) is 6.10 Å². The van der Waals surface area contributed by atoms with Crippen molar-refractivity contribution in [3.8, 4) is 0 Å². The van der Waals surface area contributed by atoms with Gasteiger partial charge in [0.1, 0.15) is 6.29 Å². The molecule has 0 saturated heterocycles. The van der Waals surface area contributed by atoms with E-state index >= 15 is 0 Å². The SMILES string of the molecule is C[C@H](CC=O)[C@H]1CC[C@H]2[C@@H](O)CCC[C@]12C. The van der Waals surface area contributed by atoms with Gasteiger partial charge in [0.25, 0.3) is 0 Å². The number of carbonyl (C=O) groups is 1. The molecule has 0 amide bonds. The van der Waals surface area contributed by atoms with E-state index in [0.717, 1.165) is 25.5 Å². The van der Waals surface area contributed by atoms with Crippen LogP contribution in [0.3, 0.4) is 0 Å². The Morgan fingerprint density at radius 3 is 2.88 bits per heavy atom. The topological polar surface area (TPSA) is 37.3 Å². The van der Waals surface area contributed by atoms with Crippen molar-refractivity contribution >= 4 is 6.29 Å². The fraction of sp³-hybridized carbons (Fsp3) is 0.929. The normalized spacial score (nSPS) is 45.1. The Hall–Kier alpha value is -0.370. The minimum Gasteiger partial charge on any atom is -0.393 e. The van der Waals surface area contributed by atoms with Gasteiger partial charge in [-0.1, -0.05) is 20.3 Å². The summed E-state index contributed by atoms with van der Waals surface area (Å²) in [5.74, 6) is 1.61. The van der Waals surface area contributed by atoms with Crippen LogP contribution in [0.25, 0.3) is 0 Å². The van der Waals surface area contributed by atoms with Crippen molar-refractivity contribution < 1.29 is 9.90 Å². The number of fused-ring (bicyclic) bond motifs is 1. The van der Waals surface area contributed by atoms with Crippen LogP contribution in [0.15, 0.2) is 0 Å². The van der Waals surface area contributed by atoms with Gasteiger partial charge in [-0.15, -0.1) is 0 Å². The summed E-state index contributed by atoms with van der Waals surface area (Å²) < 4.78 is 0. The molecule has 2 aliphatic rings. The molecule has 92 valence electrons. The molecular weight excluding hydrogens is 200 g/mol. The average molecular weight is 224 g/mol. The van der Waals surface area contributed by atoms with Crippen molar-refractivity contribution in [3.05, 3.63) is 0 Å². The van der Waals surface area contributed by atoms with Crippen molar-refractivity contribution in [2.75, 3.05) is 0 Å². The van der Waals surface area contributed by atoms with Gasteiger partial charge >= 0.3 is 0 Å². The maximum atomic E-state index is 10.7. The van der Waals surface area contributed by atoms with E-state index in [1.165, 1.54) is 12.8 Å². The first-order valence-corrected chi connectivity index (χ1v) is 6.71. The largest absolute Gasteiger partial charge is 0.393 e. The molecule has 0 aromatic carbocycles. The quantitative estimate of drug-likeness (QED) is 0.748. The van der Waals surface area contributed by atoms with Crippen LogP contribution in [0, 0.1) is 23.2 Å². The van der Waals surface area contributed by atoms with E-state index < -0.39 is 0 Å². The molecule has 2 saturated carbocycles. The fourth-order valence-corrected chi connectivity index (χ4v) is 4.44. The standard InChI is InChI=1S/C14H24O2/c1-10(7-9-15)11-5-6-12-13(16)4-3-8-14(11,12)2/h9-13,16H,3-8H2,1-2H3/t10-,11-,12+,13+,14-/m1/s1. The second-order valence-electron chi connectivity index (χ2n) is 6.14. The van der Waals surface area contributed by atoms with Crippen molar-refractivity contribution in [1.82, 2.24) is 0 Å². The number of aliphatic hydroxyl groups excluding tert-OH is 1. The highest BCUT2D eigenvalue weighted by molar-refractivity contribution is 5.49. The smallest absolute Gasteiger partial charge is 0.120 e. The molecule has 2 nitrogen and oxygen atoms in total. The Morgan fingerprint density at radius 2 is 2.19 bits per heavy atom. The summed E-state index contributed by atoms with van der Waals surface area (Å²) in [7, 11) is 0. The highest BCUT2D eigenvalue weighted by atomic mass is 16.3. The second kappa shape index (κ2) is 4.48. The molecule has 2 aliphatic carbocycles. The van der Waals surface area contributed by atoms with Crippen LogP contribution >= 0.6 is 0 Å². The third kappa shape index (κ3) is 1.81. The Morgan fingerprint density at radius 1 is 1.44 bits per heavy atom. The summed E-state index contributed by atoms with van der Waals surface area (Å²) in [6.07, 6.45) is 7.38. The molecule has 2 heteroatoms. The van der Waals surface area contributed by atoms with E-state index in [4.69, 9.17) is 0 Å². The molecule has 0 aliphatic heterocycles. The van der Waals surface area contributed by atoms with Crippen molar-refractivity contribution in [1.29, 1.82) is 0 Å². The van der Waals surface area contributed by atoms with Gasteiger partial charge in [-0.05, 0) is 48.9 Å². The molecule has 5 atom stereocenters. The Kier molecular flexibility index (Phi) is 3.39. The number of hydrogen-bond donors (Lipinski definition) is 1. The first-order valence-electron chi connectivity index (χ1n) is 6.71. The number of hydrogen-bond acceptors (Lipinski definition) is 2. The van der Waals surface area contributed by atoms with E-state index in [2.05, 4.69) is 13.8 Å². The Balaban J connectivity index is 2.14. The van der Waals surface area contributed by atoms with Crippen LogP contribution in [0.4, 0.5) is 0 Å². The lowest BCUT2D eigenvalue weighted by molar-refractivity contribution is -0.109. The summed E-state index contributed by atoms with van der Waals surface area (Å²) in [4.78, 5) is 10.7. The summed E-state index contributed by atoms with van der Waals surface area (Å²) in [5, 5.41) is 10.1. The third-order valence-electron chi connectivity index (χ3n) is 5.32. The average Bonchev–Trinajstić information content (AvgIpc) is 2.57. The molecule has 2 rings (SSSR count). The molecule has 0 spiro atoms. The lowest BCUT2D eigenvalue weighted by Crippen LogP contribution is -2.41. The van der Waals surface area contributed by atoms with Gasteiger partial charge in [-0.2, -0.15) is 0 Å². The Bertz CT molecular complexity index is 263. The predicted octanol–water partition coefficient (Wildman–Crippen LogP) is 2.79. The van der Waals surface area contributed by atoms with Crippen LogP contribution in [0.1, 0.15) is 52.4 Å². The van der Waals surface area contributed by atoms with Crippen LogP contribution in [-0.4, -0.2) is 17.5 Å². The van der Waals surface area contributed by atoms with Gasteiger partial charge in [0.15, 0.2) is 0 Å². The molecule has 0 aromatic rings. The molecule has 2 fully saturated rings. The van der Waals surface area contributed by atoms with E-state index in [0.29, 0.717) is 29.6 Å². The summed E-state index contributed by atoms with van der Waals surface area (Å²) in [6, 6.07) is 0. The fourth-order valence-electron chi connectivity index (χ4n) is 4.44. The van der Waals surface area contributed by atoms with Gasteiger partial charge < -0.3 is 9.90 Å². The molecule has 0 unspecified atom stereocenters. The highest BCUT2D eigenvalue weighted by Crippen LogP contribution is 2.57. The van der Waals surface area contributed by atoms with Crippen molar-refractivity contribution in [2.45, 2.75) is 58.5 Å². The van der Waals surface area contributed by atoms with Crippen LogP contribution in [0.5, 0.6) is 0 Å². The first kappa shape index (κ1) is 12.1. The van der Waals surface area contributed by atoms with E-state index in [1.807, 2.05) is 0 Å². The number of rotatable bonds is 3. The number of aliphatic hydroxyl groups is 1. The lowest BCUT2D eigenvalue weighted by atomic mass is 9.61. The molecule has 0 radical (unpaired) electrons. The monoisotopic (exact) mass is 224 g/mol. The van der Waals surface area contributed by atoms with Crippen LogP contribution < -0.4 is 0 Å². The van der Waals surface area contributed by atoms with Gasteiger partial charge in [0.05, 0.1) is 6.10 Å². The number of aldehydes is 1. The summed E-state index contributed by atoms with van der Waals surface area (Å²) in [6.45, 7) is 4.55. The van der Waals surface area contributed by atoms with Gasteiger partial charge in [0.2, 0.25) is 0 Å². The maximum Gasteiger partial charge on any atom is 0.120 e. The zero-order valence-corrected chi connectivity index (χ0v) is 10.5. The van der Waals surface area contributed by atoms with E-state index in [1.54, 1.807) is 0 Å². The van der Waals surface area contributed by atoms with Crippen LogP contribution in [-0.2, 0) is 4.79 Å². The third-order valence-corrected chi connectivity index (χ3v) is 5.32. The molecule has 1 N–H and O–H groups in total. The molecule has 0 bridgehead atoms. The maximum absolute atomic E-state index is 10.7. The molecule has 16 heavy (non-hydrogen) atoms. The minimum absolute atomic E-state index is 0.0906. The first-order chi connectivity index (χ1) is 7.59. The zero-order chi connectivity index (χ0) is 11.8. The molecule has 0 aromatic heterocycles. The predicted molar refractivity (Wildman–Crippen MR) is 64.0 cm³/mol. The van der Waals surface area contributed by atoms with Gasteiger partial charge in [-0.3, -0.25) is 0 Å². The highest BCUT2D eigenvalue weighted by Gasteiger charge is 2.51. The van der Waals surface area contributed by atoms with Gasteiger partial charge in [0, 0.05) is 6.42 Å². The summed E-state index contributed by atoms with van der Waals surface area (Å²) >= 11 is 0.